The Kier molecular flexibility index (Phi) is 2.37. The van der Waals surface area contributed by atoms with Crippen molar-refractivity contribution in [3.63, 3.8) is 0 Å². The Morgan fingerprint density at radius 3 is 1.70 bits per heavy atom. The van der Waals surface area contributed by atoms with Crippen molar-refractivity contribution in [1.82, 2.24) is 0 Å². The minimum absolute atomic E-state index is 1.01. The molecule has 1 N–H and O–H groups in total. The van der Waals surface area contributed by atoms with Crippen LogP contribution in [0, 0.1) is 5.92 Å². The molecule has 0 radical (unpaired) electrons. The van der Waals surface area contributed by atoms with E-state index in [2.05, 4.69) is 0 Å². The van der Waals surface area contributed by atoms with Crippen LogP contribution in [0.15, 0.2) is 0 Å². The van der Waals surface area contributed by atoms with Crippen LogP contribution in [-0.4, -0.2) is 18.2 Å². The van der Waals surface area contributed by atoms with Crippen LogP contribution < -0.4 is 0 Å². The molecule has 0 saturated carbocycles. The highest BCUT2D eigenvalue weighted by Gasteiger charge is 2.46. The highest BCUT2D eigenvalue weighted by molar-refractivity contribution is 7.86. The Labute approximate surface area is 57.8 Å². The molecule has 0 aliphatic heterocycles. The number of rotatable bonds is 2. The average Bonchev–Trinajstić information content (AvgIpc) is 1.62. The van der Waals surface area contributed by atoms with Gasteiger partial charge in [0.2, 0.25) is 0 Å². The van der Waals surface area contributed by atoms with Crippen LogP contribution in [0.1, 0.15) is 13.8 Å². The topological polar surface area (TPSA) is 54.4 Å². The van der Waals surface area contributed by atoms with Gasteiger partial charge in [-0.15, -0.1) is 0 Å². The lowest BCUT2D eigenvalue weighted by atomic mass is 10.2. The fraction of sp³-hybridized carbons (Fsp3) is 1.00. The van der Waals surface area contributed by atoms with Gasteiger partial charge in [-0.1, -0.05) is 13.8 Å². The van der Waals surface area contributed by atoms with E-state index in [-0.39, 0.29) is 0 Å². The molecule has 6 heteroatoms. The monoisotopic (exact) mass is 174 g/mol. The predicted octanol–water partition coefficient (Wildman–Crippen LogP) is 1.12. The van der Waals surface area contributed by atoms with Crippen LogP contribution >= 0.6 is 0 Å². The van der Waals surface area contributed by atoms with Crippen LogP contribution in [0.3, 0.4) is 0 Å². The lowest BCUT2D eigenvalue weighted by Crippen LogP contribution is -2.33. The second-order valence-electron chi connectivity index (χ2n) is 2.19. The van der Waals surface area contributed by atoms with Gasteiger partial charge in [0.1, 0.15) is 0 Å². The molecule has 0 heterocycles. The van der Waals surface area contributed by atoms with Crippen molar-refractivity contribution < 1.29 is 21.8 Å². The minimum atomic E-state index is -5.23. The van der Waals surface area contributed by atoms with E-state index in [0.29, 0.717) is 0 Å². The number of hydrogen-bond donors (Lipinski definition) is 1. The zero-order valence-electron chi connectivity index (χ0n) is 5.51. The standard InChI is InChI=1S/C4H8F2O3S/c1-3(2)4(5,6)10(7,8)9/h3H,1-2H3,(H,7,8,9). The number of halogens is 2. The zero-order valence-corrected chi connectivity index (χ0v) is 6.32. The smallest absolute Gasteiger partial charge is 0.281 e. The first-order chi connectivity index (χ1) is 4.19. The molecule has 0 rings (SSSR count). The summed E-state index contributed by atoms with van der Waals surface area (Å²) in [4.78, 5) is 0. The van der Waals surface area contributed by atoms with Crippen molar-refractivity contribution >= 4 is 10.1 Å². The summed E-state index contributed by atoms with van der Waals surface area (Å²) in [6.07, 6.45) is 0. The first kappa shape index (κ1) is 9.77. The molecule has 0 amide bonds. The molecular formula is C4H8F2O3S. The van der Waals surface area contributed by atoms with Gasteiger partial charge in [0, 0.05) is 5.92 Å². The molecule has 0 aliphatic carbocycles. The molecule has 3 nitrogen and oxygen atoms in total. The fourth-order valence-corrected chi connectivity index (χ4v) is 0.894. The Morgan fingerprint density at radius 2 is 1.70 bits per heavy atom. The van der Waals surface area contributed by atoms with Gasteiger partial charge in [0.25, 0.3) is 0 Å². The van der Waals surface area contributed by atoms with Crippen LogP contribution in [0.5, 0.6) is 0 Å². The van der Waals surface area contributed by atoms with E-state index in [0.717, 1.165) is 13.8 Å². The van der Waals surface area contributed by atoms with Gasteiger partial charge in [-0.05, 0) is 0 Å². The summed E-state index contributed by atoms with van der Waals surface area (Å²) in [5, 5.41) is -4.03. The van der Waals surface area contributed by atoms with E-state index in [1.54, 1.807) is 0 Å². The summed E-state index contributed by atoms with van der Waals surface area (Å²) in [5.74, 6) is -1.41. The average molecular weight is 174 g/mol. The second-order valence-corrected chi connectivity index (χ2v) is 3.69. The van der Waals surface area contributed by atoms with Crippen molar-refractivity contribution in [3.8, 4) is 0 Å². The van der Waals surface area contributed by atoms with Crippen molar-refractivity contribution in [3.05, 3.63) is 0 Å². The van der Waals surface area contributed by atoms with Gasteiger partial charge >= 0.3 is 15.4 Å². The molecule has 0 aromatic rings. The lowest BCUT2D eigenvalue weighted by Gasteiger charge is -2.15. The van der Waals surface area contributed by atoms with Gasteiger partial charge in [0.05, 0.1) is 0 Å². The molecule has 0 fully saturated rings. The highest BCUT2D eigenvalue weighted by Crippen LogP contribution is 2.28. The lowest BCUT2D eigenvalue weighted by molar-refractivity contribution is 0.0331. The van der Waals surface area contributed by atoms with Crippen LogP contribution in [-0.2, 0) is 10.1 Å². The Balaban J connectivity index is 4.76. The van der Waals surface area contributed by atoms with E-state index in [1.807, 2.05) is 0 Å². The molecule has 0 unspecified atom stereocenters. The first-order valence-electron chi connectivity index (χ1n) is 2.54. The summed E-state index contributed by atoms with van der Waals surface area (Å²) in [7, 11) is -5.23. The molecule has 0 spiro atoms. The molecule has 0 saturated heterocycles. The summed E-state index contributed by atoms with van der Waals surface area (Å²) in [6.45, 7) is 2.02. The first-order valence-corrected chi connectivity index (χ1v) is 3.98. The summed E-state index contributed by atoms with van der Waals surface area (Å²) in [6, 6.07) is 0. The van der Waals surface area contributed by atoms with Crippen LogP contribution in [0.4, 0.5) is 8.78 Å². The zero-order chi connectivity index (χ0) is 8.58. The van der Waals surface area contributed by atoms with Crippen LogP contribution in [0.25, 0.3) is 0 Å². The fourth-order valence-electron chi connectivity index (χ4n) is 0.298. The summed E-state index contributed by atoms with van der Waals surface area (Å²) >= 11 is 0. The SMILES string of the molecule is CC(C)C(F)(F)S(=O)(=O)O. The molecule has 0 aliphatic rings. The largest absolute Gasteiger partial charge is 0.372 e. The Morgan fingerprint density at radius 1 is 1.40 bits per heavy atom. The van der Waals surface area contributed by atoms with Gasteiger partial charge in [0.15, 0.2) is 0 Å². The molecule has 10 heavy (non-hydrogen) atoms. The second kappa shape index (κ2) is 2.43. The maximum Gasteiger partial charge on any atom is 0.372 e. The molecule has 0 atom stereocenters. The molecular weight excluding hydrogens is 166 g/mol. The maximum absolute atomic E-state index is 12.2. The molecule has 0 aromatic heterocycles. The quantitative estimate of drug-likeness (QED) is 0.638. The highest BCUT2D eigenvalue weighted by atomic mass is 32.2. The summed E-state index contributed by atoms with van der Waals surface area (Å²) < 4.78 is 52.2. The normalized spacial score (nSPS) is 14.2. The van der Waals surface area contributed by atoms with E-state index in [9.17, 15) is 17.2 Å². The Bertz CT molecular complexity index is 207. The van der Waals surface area contributed by atoms with Crippen molar-refractivity contribution in [2.45, 2.75) is 19.1 Å². The molecule has 62 valence electrons. The van der Waals surface area contributed by atoms with Crippen LogP contribution in [0.2, 0.25) is 0 Å². The van der Waals surface area contributed by atoms with Gasteiger partial charge in [-0.3, -0.25) is 4.55 Å². The molecule has 0 bridgehead atoms. The number of hydrogen-bond acceptors (Lipinski definition) is 2. The molecule has 0 aromatic carbocycles. The van der Waals surface area contributed by atoms with E-state index in [1.165, 1.54) is 0 Å². The van der Waals surface area contributed by atoms with Crippen molar-refractivity contribution in [1.29, 1.82) is 0 Å². The summed E-state index contributed by atoms with van der Waals surface area (Å²) in [5.41, 5.74) is 0. The van der Waals surface area contributed by atoms with Gasteiger partial charge < -0.3 is 0 Å². The third-order valence-corrected chi connectivity index (χ3v) is 2.18. The maximum atomic E-state index is 12.2. The van der Waals surface area contributed by atoms with Crippen molar-refractivity contribution in [2.24, 2.45) is 5.92 Å². The van der Waals surface area contributed by atoms with Crippen molar-refractivity contribution in [2.75, 3.05) is 0 Å². The van der Waals surface area contributed by atoms with E-state index < -0.39 is 21.3 Å². The number of alkyl halides is 2. The minimum Gasteiger partial charge on any atom is -0.281 e. The third-order valence-electron chi connectivity index (χ3n) is 1.02. The van der Waals surface area contributed by atoms with E-state index >= 15 is 0 Å². The predicted molar refractivity (Wildman–Crippen MR) is 31.3 cm³/mol. The third kappa shape index (κ3) is 1.63. The van der Waals surface area contributed by atoms with Gasteiger partial charge in [-0.2, -0.15) is 17.2 Å². The van der Waals surface area contributed by atoms with E-state index in [4.69, 9.17) is 4.55 Å². The van der Waals surface area contributed by atoms with Gasteiger partial charge in [-0.25, -0.2) is 0 Å². The Hall–Kier alpha value is -0.230.